The number of nitrogens with zero attached hydrogens (tertiary/aromatic N) is 4. The Morgan fingerprint density at radius 3 is 1.36 bits per heavy atom. The second-order valence-corrected chi connectivity index (χ2v) is 7.42. The molecule has 0 atom stereocenters. The first-order valence-corrected chi connectivity index (χ1v) is 9.70. The van der Waals surface area contributed by atoms with Crippen molar-refractivity contribution < 1.29 is 9.59 Å². The molecule has 0 spiro atoms. The molecule has 1 aromatic carbocycles. The fourth-order valence-electron chi connectivity index (χ4n) is 3.14. The zero-order chi connectivity index (χ0) is 19.9. The third kappa shape index (κ3) is 5.71. The van der Waals surface area contributed by atoms with E-state index in [1.54, 1.807) is 24.3 Å². The Kier molecular flexibility index (Phi) is 6.89. The number of hydrogen-bond acceptors (Lipinski definition) is 6. The summed E-state index contributed by atoms with van der Waals surface area (Å²) >= 11 is 0. The van der Waals surface area contributed by atoms with Crippen molar-refractivity contribution in [2.75, 3.05) is 40.3 Å². The Labute approximate surface area is 165 Å². The van der Waals surface area contributed by atoms with Crippen LogP contribution in [0.1, 0.15) is 46.4 Å². The average Bonchev–Trinajstić information content (AvgIpc) is 2.72. The van der Waals surface area contributed by atoms with Crippen molar-refractivity contribution in [2.45, 2.75) is 25.7 Å². The van der Waals surface area contributed by atoms with E-state index in [4.69, 9.17) is 0 Å². The third-order valence-electron chi connectivity index (χ3n) is 5.17. The highest BCUT2D eigenvalue weighted by Gasteiger charge is 2.14. The molecule has 0 saturated carbocycles. The van der Waals surface area contributed by atoms with Gasteiger partial charge in [-0.15, -0.1) is 0 Å². The van der Waals surface area contributed by atoms with E-state index in [0.29, 0.717) is 11.1 Å². The van der Waals surface area contributed by atoms with Crippen LogP contribution in [0.25, 0.3) is 0 Å². The summed E-state index contributed by atoms with van der Waals surface area (Å²) in [6.07, 6.45) is 3.48. The Bertz CT molecular complexity index is 686. The van der Waals surface area contributed by atoms with Gasteiger partial charge in [-0.05, 0) is 38.4 Å². The molecule has 8 nitrogen and oxygen atoms in total. The van der Waals surface area contributed by atoms with Crippen molar-refractivity contribution >= 4 is 23.2 Å². The fraction of sp³-hybridized carbons (Fsp3) is 0.500. The molecule has 2 aliphatic heterocycles. The number of carbonyl (C=O) groups excluding carboxylic acids is 2. The van der Waals surface area contributed by atoms with Crippen LogP contribution in [-0.4, -0.2) is 73.3 Å². The Hall–Kier alpha value is -2.58. The average molecular weight is 384 g/mol. The van der Waals surface area contributed by atoms with Crippen LogP contribution >= 0.6 is 0 Å². The molecule has 8 heteroatoms. The summed E-state index contributed by atoms with van der Waals surface area (Å²) in [4.78, 5) is 28.9. The molecule has 28 heavy (non-hydrogen) atoms. The first-order chi connectivity index (χ1) is 13.5. The molecule has 2 saturated heterocycles. The van der Waals surface area contributed by atoms with Crippen molar-refractivity contribution in [1.82, 2.24) is 20.7 Å². The minimum Gasteiger partial charge on any atom is -0.306 e. The molecular formula is C20H28N6O2. The van der Waals surface area contributed by atoms with Crippen LogP contribution in [-0.2, 0) is 0 Å². The number of piperidine rings is 2. The molecule has 3 rings (SSSR count). The normalized spacial score (nSPS) is 18.5. The van der Waals surface area contributed by atoms with Gasteiger partial charge in [0.2, 0.25) is 0 Å². The largest absolute Gasteiger partial charge is 0.306 e. The quantitative estimate of drug-likeness (QED) is 0.766. The maximum absolute atomic E-state index is 12.2. The minimum atomic E-state index is -0.273. The molecule has 0 bridgehead atoms. The molecule has 2 heterocycles. The molecule has 0 radical (unpaired) electrons. The van der Waals surface area contributed by atoms with Crippen molar-refractivity contribution in [3.8, 4) is 0 Å². The monoisotopic (exact) mass is 384 g/mol. The smallest absolute Gasteiger partial charge is 0.271 e. The molecule has 0 aliphatic carbocycles. The van der Waals surface area contributed by atoms with Gasteiger partial charge in [0.05, 0.1) is 0 Å². The lowest BCUT2D eigenvalue weighted by Crippen LogP contribution is -2.32. The van der Waals surface area contributed by atoms with Gasteiger partial charge in [-0.1, -0.05) is 0 Å². The van der Waals surface area contributed by atoms with E-state index in [0.717, 1.165) is 63.3 Å². The van der Waals surface area contributed by atoms with E-state index >= 15 is 0 Å². The second-order valence-electron chi connectivity index (χ2n) is 7.42. The first-order valence-electron chi connectivity index (χ1n) is 9.70. The zero-order valence-corrected chi connectivity index (χ0v) is 16.6. The molecule has 150 valence electrons. The number of likely N-dealkylation sites (tertiary alicyclic amines) is 2. The lowest BCUT2D eigenvalue weighted by Gasteiger charge is -2.22. The topological polar surface area (TPSA) is 89.4 Å². The molecule has 0 unspecified atom stereocenters. The van der Waals surface area contributed by atoms with E-state index in [1.165, 1.54) is 0 Å². The van der Waals surface area contributed by atoms with E-state index in [-0.39, 0.29) is 11.8 Å². The summed E-state index contributed by atoms with van der Waals surface area (Å²) in [5.74, 6) is -0.546. The summed E-state index contributed by atoms with van der Waals surface area (Å²) < 4.78 is 0. The van der Waals surface area contributed by atoms with Crippen LogP contribution < -0.4 is 10.9 Å². The number of hydrogen-bond donors (Lipinski definition) is 2. The van der Waals surface area contributed by atoms with Crippen LogP contribution in [0.3, 0.4) is 0 Å². The molecule has 2 fully saturated rings. The standard InChI is InChI=1S/C20H28N6O2/c1-25-11-7-17(8-12-25)21-23-19(27)15-3-5-16(6-4-15)20(28)24-22-18-9-13-26(2)14-10-18/h3-6H,7-14H2,1-2H3,(H,23,27)(H,24,28). The van der Waals surface area contributed by atoms with E-state index in [1.807, 2.05) is 0 Å². The summed E-state index contributed by atoms with van der Waals surface area (Å²) in [6.45, 7) is 3.83. The van der Waals surface area contributed by atoms with E-state index < -0.39 is 0 Å². The van der Waals surface area contributed by atoms with Crippen LogP contribution in [0.15, 0.2) is 34.5 Å². The SMILES string of the molecule is CN1CCC(=NNC(=O)c2ccc(C(=O)NN=C3CCN(C)CC3)cc2)CC1. The predicted octanol–water partition coefficient (Wildman–Crippen LogP) is 1.31. The Balaban J connectivity index is 1.51. The van der Waals surface area contributed by atoms with Gasteiger partial charge in [-0.25, -0.2) is 10.9 Å². The number of nitrogens with one attached hydrogen (secondary N) is 2. The van der Waals surface area contributed by atoms with Crippen molar-refractivity contribution in [1.29, 1.82) is 0 Å². The third-order valence-corrected chi connectivity index (χ3v) is 5.17. The van der Waals surface area contributed by atoms with Crippen molar-refractivity contribution in [3.05, 3.63) is 35.4 Å². The molecule has 2 aliphatic rings. The Morgan fingerprint density at radius 1 is 0.714 bits per heavy atom. The lowest BCUT2D eigenvalue weighted by molar-refractivity contribution is 0.0942. The van der Waals surface area contributed by atoms with Crippen LogP contribution in [0.2, 0.25) is 0 Å². The predicted molar refractivity (Wildman–Crippen MR) is 110 cm³/mol. The Morgan fingerprint density at radius 2 is 1.04 bits per heavy atom. The van der Waals surface area contributed by atoms with Crippen LogP contribution in [0, 0.1) is 0 Å². The fourth-order valence-corrected chi connectivity index (χ4v) is 3.14. The summed E-state index contributed by atoms with van der Waals surface area (Å²) in [5, 5.41) is 8.46. The van der Waals surface area contributed by atoms with Gasteiger partial charge in [0, 0.05) is 74.4 Å². The van der Waals surface area contributed by atoms with Gasteiger partial charge >= 0.3 is 0 Å². The number of rotatable bonds is 4. The van der Waals surface area contributed by atoms with Gasteiger partial charge < -0.3 is 9.80 Å². The highest BCUT2D eigenvalue weighted by atomic mass is 16.2. The van der Waals surface area contributed by atoms with Gasteiger partial charge in [0.15, 0.2) is 0 Å². The molecule has 2 N–H and O–H groups in total. The van der Waals surface area contributed by atoms with Gasteiger partial charge in [-0.2, -0.15) is 10.2 Å². The number of benzene rings is 1. The highest BCUT2D eigenvalue weighted by Crippen LogP contribution is 2.08. The summed E-state index contributed by atoms with van der Waals surface area (Å²) in [5.41, 5.74) is 8.17. The van der Waals surface area contributed by atoms with Crippen molar-refractivity contribution in [3.63, 3.8) is 0 Å². The van der Waals surface area contributed by atoms with E-state index in [9.17, 15) is 9.59 Å². The second kappa shape index (κ2) is 9.57. The van der Waals surface area contributed by atoms with Gasteiger partial charge in [0.1, 0.15) is 0 Å². The minimum absolute atomic E-state index is 0.273. The van der Waals surface area contributed by atoms with Gasteiger partial charge in [0.25, 0.3) is 11.8 Å². The number of carbonyl (C=O) groups is 2. The van der Waals surface area contributed by atoms with E-state index in [2.05, 4.69) is 44.9 Å². The molecule has 0 aromatic heterocycles. The maximum Gasteiger partial charge on any atom is 0.271 e. The maximum atomic E-state index is 12.2. The first kappa shape index (κ1) is 20.2. The summed E-state index contributed by atoms with van der Waals surface area (Å²) in [6, 6.07) is 6.51. The van der Waals surface area contributed by atoms with Gasteiger partial charge in [-0.3, -0.25) is 9.59 Å². The molecule has 1 aromatic rings. The summed E-state index contributed by atoms with van der Waals surface area (Å²) in [7, 11) is 4.15. The molecule has 2 amide bonds. The molecular weight excluding hydrogens is 356 g/mol. The number of hydrazone groups is 2. The highest BCUT2D eigenvalue weighted by molar-refractivity contribution is 5.99. The van der Waals surface area contributed by atoms with Crippen molar-refractivity contribution in [2.24, 2.45) is 10.2 Å². The zero-order valence-electron chi connectivity index (χ0n) is 16.6. The van der Waals surface area contributed by atoms with Crippen LogP contribution in [0.4, 0.5) is 0 Å². The number of amides is 2. The van der Waals surface area contributed by atoms with Crippen LogP contribution in [0.5, 0.6) is 0 Å². The lowest BCUT2D eigenvalue weighted by atomic mass is 10.1.